The molecule has 8 heteroatoms. The smallest absolute Gasteiger partial charge is 0.219 e. The van der Waals surface area contributed by atoms with Gasteiger partial charge < -0.3 is 20.6 Å². The van der Waals surface area contributed by atoms with E-state index in [1.165, 1.54) is 30.4 Å². The average molecular weight is 374 g/mol. The van der Waals surface area contributed by atoms with Gasteiger partial charge in [0.05, 0.1) is 16.3 Å². The molecule has 1 aliphatic heterocycles. The summed E-state index contributed by atoms with van der Waals surface area (Å²) in [7, 11) is 0. The van der Waals surface area contributed by atoms with E-state index >= 15 is 0 Å². The van der Waals surface area contributed by atoms with Crippen molar-refractivity contribution in [3.63, 3.8) is 0 Å². The molecule has 1 aliphatic rings. The maximum atomic E-state index is 13.4. The van der Waals surface area contributed by atoms with Crippen molar-refractivity contribution in [2.45, 2.75) is 19.2 Å². The second kappa shape index (κ2) is 6.79. The number of rotatable bonds is 3. The standard InChI is InChI=1S/C18H19FN4O2S/c1-10(24)23-7-6-20-9-15(23)17(25)22-18-21-14-5-2-11-8-12(19)3-4-13(11)16(14)26-18/h2-5,8,15,17,20,25H,6-7,9H2,1H3,(H,21,22). The van der Waals surface area contributed by atoms with Gasteiger partial charge in [-0.15, -0.1) is 0 Å². The SMILES string of the molecule is CC(=O)N1CCNCC1C(O)Nc1nc2ccc3cc(F)ccc3c2s1. The molecule has 3 aromatic rings. The Balaban J connectivity index is 1.62. The highest BCUT2D eigenvalue weighted by Crippen LogP contribution is 2.33. The van der Waals surface area contributed by atoms with Crippen molar-refractivity contribution in [1.82, 2.24) is 15.2 Å². The minimum absolute atomic E-state index is 0.0605. The van der Waals surface area contributed by atoms with Crippen LogP contribution in [0.5, 0.6) is 0 Å². The fourth-order valence-electron chi connectivity index (χ4n) is 3.37. The van der Waals surface area contributed by atoms with Gasteiger partial charge in [-0.05, 0) is 29.7 Å². The van der Waals surface area contributed by atoms with Gasteiger partial charge in [0, 0.05) is 31.9 Å². The summed E-state index contributed by atoms with van der Waals surface area (Å²) in [5.74, 6) is -0.334. The number of thiazole rings is 1. The lowest BCUT2D eigenvalue weighted by molar-refractivity contribution is -0.134. The van der Waals surface area contributed by atoms with E-state index in [2.05, 4.69) is 15.6 Å². The van der Waals surface area contributed by atoms with Crippen molar-refractivity contribution in [1.29, 1.82) is 0 Å². The van der Waals surface area contributed by atoms with Crippen LogP contribution in [0.25, 0.3) is 21.0 Å². The number of halogens is 1. The molecular weight excluding hydrogens is 355 g/mol. The molecule has 3 N–H and O–H groups in total. The molecule has 0 spiro atoms. The van der Waals surface area contributed by atoms with Crippen LogP contribution in [0.4, 0.5) is 9.52 Å². The molecule has 2 aromatic carbocycles. The van der Waals surface area contributed by atoms with Crippen LogP contribution in [0.15, 0.2) is 30.3 Å². The second-order valence-corrected chi connectivity index (χ2v) is 7.37. The number of carbonyl (C=O) groups excluding carboxylic acids is 1. The lowest BCUT2D eigenvalue weighted by Gasteiger charge is -2.38. The molecule has 2 heterocycles. The number of hydrogen-bond donors (Lipinski definition) is 3. The molecule has 2 unspecified atom stereocenters. The quantitative estimate of drug-likeness (QED) is 0.613. The zero-order chi connectivity index (χ0) is 18.3. The molecule has 1 aromatic heterocycles. The van der Waals surface area contributed by atoms with E-state index in [0.717, 1.165) is 21.0 Å². The normalized spacial score (nSPS) is 19.0. The molecule has 1 saturated heterocycles. The van der Waals surface area contributed by atoms with E-state index in [1.54, 1.807) is 11.0 Å². The summed E-state index contributed by atoms with van der Waals surface area (Å²) in [5, 5.41) is 19.1. The third-order valence-corrected chi connectivity index (χ3v) is 5.69. The highest BCUT2D eigenvalue weighted by atomic mass is 32.1. The number of nitrogens with one attached hydrogen (secondary N) is 2. The number of carbonyl (C=O) groups is 1. The van der Waals surface area contributed by atoms with Gasteiger partial charge in [-0.1, -0.05) is 17.4 Å². The third kappa shape index (κ3) is 3.11. The highest BCUT2D eigenvalue weighted by molar-refractivity contribution is 7.23. The summed E-state index contributed by atoms with van der Waals surface area (Å²) < 4.78 is 14.4. The molecule has 0 radical (unpaired) electrons. The van der Waals surface area contributed by atoms with Gasteiger partial charge in [0.1, 0.15) is 12.0 Å². The van der Waals surface area contributed by atoms with Crippen LogP contribution in [0.3, 0.4) is 0 Å². The fraction of sp³-hybridized carbons (Fsp3) is 0.333. The zero-order valence-electron chi connectivity index (χ0n) is 14.2. The fourth-order valence-corrected chi connectivity index (χ4v) is 4.40. The molecule has 26 heavy (non-hydrogen) atoms. The maximum Gasteiger partial charge on any atom is 0.219 e. The number of anilines is 1. The first kappa shape index (κ1) is 17.1. The molecule has 136 valence electrons. The number of aromatic nitrogens is 1. The van der Waals surface area contributed by atoms with Crippen LogP contribution in [0.2, 0.25) is 0 Å². The van der Waals surface area contributed by atoms with Crippen molar-refractivity contribution in [3.8, 4) is 0 Å². The van der Waals surface area contributed by atoms with Gasteiger partial charge in [-0.25, -0.2) is 9.37 Å². The van der Waals surface area contributed by atoms with Gasteiger partial charge in [0.15, 0.2) is 5.13 Å². The minimum atomic E-state index is -0.934. The monoisotopic (exact) mass is 374 g/mol. The zero-order valence-corrected chi connectivity index (χ0v) is 15.0. The Hall–Kier alpha value is -2.29. The van der Waals surface area contributed by atoms with Crippen molar-refractivity contribution in [2.75, 3.05) is 25.0 Å². The van der Waals surface area contributed by atoms with Gasteiger partial charge in [0.25, 0.3) is 0 Å². The molecule has 4 rings (SSSR count). The molecular formula is C18H19FN4O2S. The van der Waals surface area contributed by atoms with Gasteiger partial charge in [0.2, 0.25) is 5.91 Å². The number of benzene rings is 2. The number of aliphatic hydroxyl groups is 1. The Morgan fingerprint density at radius 3 is 3.12 bits per heavy atom. The Kier molecular flexibility index (Phi) is 4.47. The Morgan fingerprint density at radius 2 is 2.31 bits per heavy atom. The summed E-state index contributed by atoms with van der Waals surface area (Å²) in [4.78, 5) is 18.0. The van der Waals surface area contributed by atoms with Crippen LogP contribution in [0.1, 0.15) is 6.92 Å². The number of nitrogens with zero attached hydrogens (tertiary/aromatic N) is 2. The molecule has 0 bridgehead atoms. The first-order chi connectivity index (χ1) is 12.5. The number of fused-ring (bicyclic) bond motifs is 3. The van der Waals surface area contributed by atoms with E-state index in [0.29, 0.717) is 24.8 Å². The van der Waals surface area contributed by atoms with E-state index < -0.39 is 6.23 Å². The van der Waals surface area contributed by atoms with E-state index in [9.17, 15) is 14.3 Å². The molecule has 0 saturated carbocycles. The van der Waals surface area contributed by atoms with Crippen LogP contribution in [0, 0.1) is 5.82 Å². The molecule has 6 nitrogen and oxygen atoms in total. The molecule has 0 aliphatic carbocycles. The topological polar surface area (TPSA) is 77.5 Å². The Morgan fingerprint density at radius 1 is 1.46 bits per heavy atom. The van der Waals surface area contributed by atoms with Crippen LogP contribution >= 0.6 is 11.3 Å². The summed E-state index contributed by atoms with van der Waals surface area (Å²) in [6, 6.07) is 7.99. The van der Waals surface area contributed by atoms with Gasteiger partial charge >= 0.3 is 0 Å². The van der Waals surface area contributed by atoms with E-state index in [1.807, 2.05) is 12.1 Å². The third-order valence-electron chi connectivity index (χ3n) is 4.66. The van der Waals surface area contributed by atoms with Gasteiger partial charge in [-0.2, -0.15) is 0 Å². The van der Waals surface area contributed by atoms with Gasteiger partial charge in [-0.3, -0.25) is 4.79 Å². The summed E-state index contributed by atoms with van der Waals surface area (Å²) in [6.07, 6.45) is -0.934. The van der Waals surface area contributed by atoms with Crippen molar-refractivity contribution in [3.05, 3.63) is 36.1 Å². The summed E-state index contributed by atoms with van der Waals surface area (Å²) in [6.45, 7) is 3.30. The van der Waals surface area contributed by atoms with Crippen LogP contribution in [-0.2, 0) is 4.79 Å². The predicted octanol–water partition coefficient (Wildman–Crippen LogP) is 2.14. The Labute approximate surface area is 153 Å². The lowest BCUT2D eigenvalue weighted by Crippen LogP contribution is -2.59. The first-order valence-electron chi connectivity index (χ1n) is 8.44. The summed E-state index contributed by atoms with van der Waals surface area (Å²) in [5.41, 5.74) is 0.786. The minimum Gasteiger partial charge on any atom is -0.371 e. The average Bonchev–Trinajstić information content (AvgIpc) is 3.04. The summed E-state index contributed by atoms with van der Waals surface area (Å²) >= 11 is 1.41. The van der Waals surface area contributed by atoms with E-state index in [-0.39, 0.29) is 17.8 Å². The van der Waals surface area contributed by atoms with E-state index in [4.69, 9.17) is 0 Å². The molecule has 1 fully saturated rings. The molecule has 2 atom stereocenters. The van der Waals surface area contributed by atoms with Crippen molar-refractivity contribution >= 4 is 43.4 Å². The number of aliphatic hydroxyl groups excluding tert-OH is 1. The predicted molar refractivity (Wildman–Crippen MR) is 101 cm³/mol. The lowest BCUT2D eigenvalue weighted by atomic mass is 10.1. The van der Waals surface area contributed by atoms with Crippen LogP contribution < -0.4 is 10.6 Å². The maximum absolute atomic E-state index is 13.4. The molecule has 1 amide bonds. The Bertz CT molecular complexity index is 976. The largest absolute Gasteiger partial charge is 0.371 e. The van der Waals surface area contributed by atoms with Crippen molar-refractivity contribution < 1.29 is 14.3 Å². The van der Waals surface area contributed by atoms with Crippen molar-refractivity contribution in [2.24, 2.45) is 0 Å². The number of piperazine rings is 1. The first-order valence-corrected chi connectivity index (χ1v) is 9.26. The van der Waals surface area contributed by atoms with Crippen LogP contribution in [-0.4, -0.2) is 52.8 Å². The highest BCUT2D eigenvalue weighted by Gasteiger charge is 2.30. The number of hydrogen-bond acceptors (Lipinski definition) is 6. The second-order valence-electron chi connectivity index (χ2n) is 6.37. The number of amides is 1.